The molecule has 0 aliphatic carbocycles. The van der Waals surface area contributed by atoms with Crippen molar-refractivity contribution in [2.24, 2.45) is 0 Å². The number of carbonyl (C=O) groups excluding carboxylic acids is 1. The number of nitro benzene ring substituents is 1. The lowest BCUT2D eigenvalue weighted by atomic mass is 10.2. The van der Waals surface area contributed by atoms with E-state index < -0.39 is 16.9 Å². The summed E-state index contributed by atoms with van der Waals surface area (Å²) in [5, 5.41) is 14.0. The fourth-order valence-electron chi connectivity index (χ4n) is 1.90. The molecule has 24 heavy (non-hydrogen) atoms. The van der Waals surface area contributed by atoms with Gasteiger partial charge in [0.1, 0.15) is 11.5 Å². The number of nitrogens with one attached hydrogen (secondary N) is 1. The second-order valence-corrected chi connectivity index (χ2v) is 5.28. The zero-order valence-corrected chi connectivity index (χ0v) is 13.7. The average molecular weight is 351 g/mol. The van der Waals surface area contributed by atoms with Gasteiger partial charge in [0.15, 0.2) is 6.10 Å². The summed E-state index contributed by atoms with van der Waals surface area (Å²) in [4.78, 5) is 22.4. The molecule has 0 aliphatic rings. The van der Waals surface area contributed by atoms with Gasteiger partial charge < -0.3 is 14.8 Å². The molecule has 7 nitrogen and oxygen atoms in total. The van der Waals surface area contributed by atoms with Crippen LogP contribution in [0.1, 0.15) is 6.92 Å². The van der Waals surface area contributed by atoms with Gasteiger partial charge in [-0.3, -0.25) is 14.9 Å². The number of halogens is 1. The maximum Gasteiger partial charge on any atom is 0.273 e. The normalized spacial score (nSPS) is 11.5. The van der Waals surface area contributed by atoms with Crippen LogP contribution >= 0.6 is 11.6 Å². The number of anilines is 1. The molecule has 0 aliphatic heterocycles. The van der Waals surface area contributed by atoms with E-state index in [-0.39, 0.29) is 11.4 Å². The summed E-state index contributed by atoms with van der Waals surface area (Å²) in [6.45, 7) is 1.59. The Bertz CT molecular complexity index is 749. The zero-order chi connectivity index (χ0) is 17.7. The van der Waals surface area contributed by atoms with Gasteiger partial charge in [0.05, 0.1) is 23.8 Å². The monoisotopic (exact) mass is 350 g/mol. The van der Waals surface area contributed by atoms with Crippen molar-refractivity contribution in [3.05, 3.63) is 57.6 Å². The Morgan fingerprint density at radius 3 is 2.50 bits per heavy atom. The second-order valence-electron chi connectivity index (χ2n) is 4.84. The number of benzene rings is 2. The fraction of sp³-hybridized carbons (Fsp3) is 0.188. The van der Waals surface area contributed by atoms with Gasteiger partial charge in [0.25, 0.3) is 11.6 Å². The van der Waals surface area contributed by atoms with Gasteiger partial charge in [0, 0.05) is 11.1 Å². The van der Waals surface area contributed by atoms with Crippen molar-refractivity contribution in [2.45, 2.75) is 13.0 Å². The van der Waals surface area contributed by atoms with Gasteiger partial charge in [-0.2, -0.15) is 0 Å². The van der Waals surface area contributed by atoms with E-state index in [1.807, 2.05) is 0 Å². The third-order valence-electron chi connectivity index (χ3n) is 3.15. The van der Waals surface area contributed by atoms with Crippen LogP contribution in [-0.4, -0.2) is 24.0 Å². The number of carbonyl (C=O) groups is 1. The molecule has 0 radical (unpaired) electrons. The van der Waals surface area contributed by atoms with Crippen LogP contribution in [0, 0.1) is 10.1 Å². The van der Waals surface area contributed by atoms with E-state index in [1.165, 1.54) is 25.3 Å². The van der Waals surface area contributed by atoms with Gasteiger partial charge in [-0.1, -0.05) is 11.6 Å². The summed E-state index contributed by atoms with van der Waals surface area (Å²) in [5.41, 5.74) is 0.190. The summed E-state index contributed by atoms with van der Waals surface area (Å²) in [6.07, 6.45) is -0.786. The lowest BCUT2D eigenvalue weighted by Crippen LogP contribution is -2.30. The number of rotatable bonds is 6. The molecule has 1 N–H and O–H groups in total. The first-order valence-corrected chi connectivity index (χ1v) is 7.34. The van der Waals surface area contributed by atoms with E-state index >= 15 is 0 Å². The number of methoxy groups -OCH3 is 1. The number of ether oxygens (including phenoxy) is 2. The minimum Gasteiger partial charge on any atom is -0.494 e. The minimum absolute atomic E-state index is 0.129. The Kier molecular flexibility index (Phi) is 5.59. The van der Waals surface area contributed by atoms with E-state index in [0.717, 1.165) is 0 Å². The molecular weight excluding hydrogens is 336 g/mol. The molecule has 2 aromatic carbocycles. The van der Waals surface area contributed by atoms with Crippen LogP contribution in [0.4, 0.5) is 11.4 Å². The van der Waals surface area contributed by atoms with Gasteiger partial charge in [0.2, 0.25) is 0 Å². The molecule has 1 amide bonds. The second kappa shape index (κ2) is 7.65. The summed E-state index contributed by atoms with van der Waals surface area (Å²) in [6, 6.07) is 10.5. The molecule has 0 heterocycles. The van der Waals surface area contributed by atoms with Crippen molar-refractivity contribution in [2.75, 3.05) is 12.4 Å². The van der Waals surface area contributed by atoms with E-state index in [0.29, 0.717) is 16.5 Å². The van der Waals surface area contributed by atoms with Gasteiger partial charge in [-0.25, -0.2) is 0 Å². The van der Waals surface area contributed by atoms with Gasteiger partial charge in [-0.15, -0.1) is 0 Å². The zero-order valence-electron chi connectivity index (χ0n) is 13.0. The molecule has 1 atom stereocenters. The highest BCUT2D eigenvalue weighted by atomic mass is 35.5. The van der Waals surface area contributed by atoms with Crippen LogP contribution in [-0.2, 0) is 4.79 Å². The molecule has 0 saturated carbocycles. The first kappa shape index (κ1) is 17.6. The van der Waals surface area contributed by atoms with Crippen LogP contribution in [0.15, 0.2) is 42.5 Å². The highest BCUT2D eigenvalue weighted by molar-refractivity contribution is 6.30. The fourth-order valence-corrected chi connectivity index (χ4v) is 2.03. The molecule has 1 unspecified atom stereocenters. The van der Waals surface area contributed by atoms with Crippen molar-refractivity contribution >= 4 is 28.9 Å². The Morgan fingerprint density at radius 2 is 1.92 bits per heavy atom. The maximum atomic E-state index is 12.2. The lowest BCUT2D eigenvalue weighted by Gasteiger charge is -2.16. The predicted molar refractivity (Wildman–Crippen MR) is 89.8 cm³/mol. The van der Waals surface area contributed by atoms with E-state index in [4.69, 9.17) is 21.1 Å². The average Bonchev–Trinajstić information content (AvgIpc) is 2.56. The van der Waals surface area contributed by atoms with Crippen molar-refractivity contribution in [3.8, 4) is 11.5 Å². The first-order chi connectivity index (χ1) is 11.4. The lowest BCUT2D eigenvalue weighted by molar-refractivity contribution is -0.384. The maximum absolute atomic E-state index is 12.2. The third kappa shape index (κ3) is 4.36. The summed E-state index contributed by atoms with van der Waals surface area (Å²) in [7, 11) is 1.36. The molecule has 2 aromatic rings. The number of hydrogen-bond acceptors (Lipinski definition) is 5. The molecule has 0 saturated heterocycles. The van der Waals surface area contributed by atoms with Crippen molar-refractivity contribution in [3.63, 3.8) is 0 Å². The Balaban J connectivity index is 2.08. The van der Waals surface area contributed by atoms with Crippen molar-refractivity contribution in [1.29, 1.82) is 0 Å². The van der Waals surface area contributed by atoms with Crippen LogP contribution in [0.5, 0.6) is 11.5 Å². The highest BCUT2D eigenvalue weighted by Gasteiger charge is 2.18. The molecule has 126 valence electrons. The molecule has 0 fully saturated rings. The van der Waals surface area contributed by atoms with E-state index in [9.17, 15) is 14.9 Å². The molecule has 8 heteroatoms. The number of hydrogen-bond donors (Lipinski definition) is 1. The number of amides is 1. The molecular formula is C16H15ClN2O5. The SMILES string of the molecule is COc1cc([N+](=O)[O-])ccc1NC(=O)C(C)Oc1ccc(Cl)cc1. The Hall–Kier alpha value is -2.80. The summed E-state index contributed by atoms with van der Waals surface area (Å²) < 4.78 is 10.6. The van der Waals surface area contributed by atoms with Crippen LogP contribution < -0.4 is 14.8 Å². The number of nitrogens with zero attached hydrogens (tertiary/aromatic N) is 1. The van der Waals surface area contributed by atoms with E-state index in [2.05, 4.69) is 5.32 Å². The van der Waals surface area contributed by atoms with Crippen LogP contribution in [0.3, 0.4) is 0 Å². The molecule has 0 aromatic heterocycles. The largest absolute Gasteiger partial charge is 0.494 e. The van der Waals surface area contributed by atoms with Crippen molar-refractivity contribution in [1.82, 2.24) is 0 Å². The van der Waals surface area contributed by atoms with Crippen molar-refractivity contribution < 1.29 is 19.2 Å². The Morgan fingerprint density at radius 1 is 1.25 bits per heavy atom. The predicted octanol–water partition coefficient (Wildman–Crippen LogP) is 3.66. The quantitative estimate of drug-likeness (QED) is 0.634. The summed E-state index contributed by atoms with van der Waals surface area (Å²) >= 11 is 5.79. The molecule has 0 bridgehead atoms. The Labute approximate surface area is 143 Å². The minimum atomic E-state index is -0.786. The first-order valence-electron chi connectivity index (χ1n) is 6.96. The van der Waals surface area contributed by atoms with Crippen LogP contribution in [0.2, 0.25) is 5.02 Å². The van der Waals surface area contributed by atoms with E-state index in [1.54, 1.807) is 31.2 Å². The topological polar surface area (TPSA) is 90.7 Å². The van der Waals surface area contributed by atoms with Gasteiger partial charge in [-0.05, 0) is 37.3 Å². The number of nitro groups is 1. The third-order valence-corrected chi connectivity index (χ3v) is 3.40. The van der Waals surface area contributed by atoms with Gasteiger partial charge >= 0.3 is 0 Å². The summed E-state index contributed by atoms with van der Waals surface area (Å²) in [5.74, 6) is 0.270. The highest BCUT2D eigenvalue weighted by Crippen LogP contribution is 2.29. The van der Waals surface area contributed by atoms with Crippen LogP contribution in [0.25, 0.3) is 0 Å². The molecule has 0 spiro atoms. The standard InChI is InChI=1S/C16H15ClN2O5/c1-10(24-13-6-3-11(17)4-7-13)16(20)18-14-8-5-12(19(21)22)9-15(14)23-2/h3-10H,1-2H3,(H,18,20). The smallest absolute Gasteiger partial charge is 0.273 e. The molecule has 2 rings (SSSR count). The number of non-ortho nitro benzene ring substituents is 1.